The van der Waals surface area contributed by atoms with Crippen LogP contribution in [0, 0.1) is 36.1 Å². The smallest absolute Gasteiger partial charge is 0.167 e. The fourth-order valence-corrected chi connectivity index (χ4v) is 3.33. The molecule has 2 aromatic rings. The molecule has 1 heterocycles. The minimum atomic E-state index is -1.17. The van der Waals surface area contributed by atoms with Crippen LogP contribution in [0.3, 0.4) is 0 Å². The number of benzene rings is 2. The third-order valence-corrected chi connectivity index (χ3v) is 5.06. The van der Waals surface area contributed by atoms with Gasteiger partial charge in [0.15, 0.2) is 23.3 Å². The third kappa shape index (κ3) is 3.78. The molecule has 1 fully saturated rings. The van der Waals surface area contributed by atoms with Crippen molar-refractivity contribution in [1.29, 1.82) is 0 Å². The Morgan fingerprint density at radius 3 is 2.19 bits per heavy atom. The summed E-state index contributed by atoms with van der Waals surface area (Å²) in [5.41, 5.74) is -0.210. The van der Waals surface area contributed by atoms with Gasteiger partial charge in [-0.3, -0.25) is 0 Å². The summed E-state index contributed by atoms with van der Waals surface area (Å²) in [6.07, 6.45) is 2.98. The van der Waals surface area contributed by atoms with Crippen LogP contribution in [0.5, 0.6) is 0 Å². The molecular weight excluding hydrogens is 344 g/mol. The minimum Gasteiger partial charge on any atom is -0.378 e. The first-order valence-corrected chi connectivity index (χ1v) is 8.92. The standard InChI is InChI=1S/C21H22F4O/c1-12-3-7-15(26-11-12)8-5-14-6-10-17(21(25)19(14)23)16-9-4-13(2)18(22)20(16)24/h4,6,9-10,12,15H,3,5,7-8,11H2,1-2H3. The first-order valence-electron chi connectivity index (χ1n) is 8.92. The average molecular weight is 366 g/mol. The van der Waals surface area contributed by atoms with Gasteiger partial charge in [0.05, 0.1) is 6.10 Å². The van der Waals surface area contributed by atoms with Gasteiger partial charge >= 0.3 is 0 Å². The summed E-state index contributed by atoms with van der Waals surface area (Å²) in [7, 11) is 0. The summed E-state index contributed by atoms with van der Waals surface area (Å²) in [5, 5.41) is 0. The highest BCUT2D eigenvalue weighted by Crippen LogP contribution is 2.31. The van der Waals surface area contributed by atoms with Crippen molar-refractivity contribution in [3.63, 3.8) is 0 Å². The molecule has 2 unspecified atom stereocenters. The molecule has 0 bridgehead atoms. The van der Waals surface area contributed by atoms with Gasteiger partial charge in [0.2, 0.25) is 0 Å². The maximum atomic E-state index is 14.5. The number of ether oxygens (including phenoxy) is 1. The predicted molar refractivity (Wildman–Crippen MR) is 92.9 cm³/mol. The Morgan fingerprint density at radius 2 is 1.54 bits per heavy atom. The first kappa shape index (κ1) is 18.9. The Bertz CT molecular complexity index is 795. The zero-order chi connectivity index (χ0) is 18.8. The first-order chi connectivity index (χ1) is 12.4. The summed E-state index contributed by atoms with van der Waals surface area (Å²) in [5.74, 6) is -3.84. The molecule has 2 atom stereocenters. The molecule has 1 nitrogen and oxygen atoms in total. The van der Waals surface area contributed by atoms with Crippen molar-refractivity contribution in [1.82, 2.24) is 0 Å². The van der Waals surface area contributed by atoms with Gasteiger partial charge in [-0.2, -0.15) is 0 Å². The molecule has 1 saturated heterocycles. The van der Waals surface area contributed by atoms with Crippen LogP contribution < -0.4 is 0 Å². The second-order valence-corrected chi connectivity index (χ2v) is 7.13. The van der Waals surface area contributed by atoms with Gasteiger partial charge in [-0.15, -0.1) is 0 Å². The number of aryl methyl sites for hydroxylation is 2. The Kier molecular flexibility index (Phi) is 5.66. The maximum absolute atomic E-state index is 14.5. The molecule has 2 aromatic carbocycles. The summed E-state index contributed by atoms with van der Waals surface area (Å²) < 4.78 is 62.5. The lowest BCUT2D eigenvalue weighted by Gasteiger charge is -2.27. The van der Waals surface area contributed by atoms with Crippen molar-refractivity contribution in [2.45, 2.75) is 45.6 Å². The minimum absolute atomic E-state index is 0.0528. The fraction of sp³-hybridized carbons (Fsp3) is 0.429. The molecule has 0 saturated carbocycles. The van der Waals surface area contributed by atoms with Gasteiger partial charge in [-0.1, -0.05) is 31.2 Å². The van der Waals surface area contributed by atoms with E-state index in [0.29, 0.717) is 25.4 Å². The SMILES string of the molecule is Cc1ccc(-c2ccc(CCC3CCC(C)CO3)c(F)c2F)c(F)c1F. The maximum Gasteiger partial charge on any atom is 0.167 e. The number of hydrogen-bond acceptors (Lipinski definition) is 1. The highest BCUT2D eigenvalue weighted by Gasteiger charge is 2.22. The van der Waals surface area contributed by atoms with Crippen LogP contribution in [0.1, 0.15) is 37.3 Å². The van der Waals surface area contributed by atoms with Crippen molar-refractivity contribution >= 4 is 0 Å². The van der Waals surface area contributed by atoms with Crippen molar-refractivity contribution in [3.8, 4) is 11.1 Å². The van der Waals surface area contributed by atoms with Crippen LogP contribution in [-0.4, -0.2) is 12.7 Å². The molecule has 0 N–H and O–H groups in total. The Morgan fingerprint density at radius 1 is 0.885 bits per heavy atom. The van der Waals surface area contributed by atoms with Crippen LogP contribution in [0.2, 0.25) is 0 Å². The normalized spacial score (nSPS) is 20.4. The van der Waals surface area contributed by atoms with E-state index in [-0.39, 0.29) is 28.4 Å². The van der Waals surface area contributed by atoms with Crippen LogP contribution in [0.4, 0.5) is 17.6 Å². The van der Waals surface area contributed by atoms with Crippen molar-refractivity contribution in [2.24, 2.45) is 5.92 Å². The third-order valence-electron chi connectivity index (χ3n) is 5.06. The molecule has 1 aliphatic rings. The van der Waals surface area contributed by atoms with E-state index in [1.54, 1.807) is 0 Å². The summed E-state index contributed by atoms with van der Waals surface area (Å²) in [6, 6.07) is 5.36. The van der Waals surface area contributed by atoms with Crippen LogP contribution in [-0.2, 0) is 11.2 Å². The Labute approximate surface area is 151 Å². The highest BCUT2D eigenvalue weighted by molar-refractivity contribution is 5.66. The van der Waals surface area contributed by atoms with E-state index in [9.17, 15) is 17.6 Å². The second-order valence-electron chi connectivity index (χ2n) is 7.13. The number of rotatable bonds is 4. The molecule has 3 rings (SSSR count). The van der Waals surface area contributed by atoms with Gasteiger partial charge in [0.25, 0.3) is 0 Å². The lowest BCUT2D eigenvalue weighted by Crippen LogP contribution is -2.24. The molecule has 0 aromatic heterocycles. The Hall–Kier alpha value is -1.88. The van der Waals surface area contributed by atoms with Crippen LogP contribution in [0.15, 0.2) is 24.3 Å². The van der Waals surface area contributed by atoms with Gasteiger partial charge in [-0.25, -0.2) is 17.6 Å². The number of halogens is 4. The topological polar surface area (TPSA) is 9.23 Å². The molecule has 1 aliphatic heterocycles. The molecule has 5 heteroatoms. The van der Waals surface area contributed by atoms with E-state index in [2.05, 4.69) is 6.92 Å². The zero-order valence-corrected chi connectivity index (χ0v) is 14.9. The molecule has 0 spiro atoms. The quantitative estimate of drug-likeness (QED) is 0.606. The van der Waals surface area contributed by atoms with E-state index < -0.39 is 23.3 Å². The van der Waals surface area contributed by atoms with Gasteiger partial charge < -0.3 is 4.74 Å². The molecule has 26 heavy (non-hydrogen) atoms. The largest absolute Gasteiger partial charge is 0.378 e. The summed E-state index contributed by atoms with van der Waals surface area (Å²) >= 11 is 0. The van der Waals surface area contributed by atoms with Gasteiger partial charge in [0.1, 0.15) is 0 Å². The average Bonchev–Trinajstić information content (AvgIpc) is 2.63. The van der Waals surface area contributed by atoms with Crippen molar-refractivity contribution < 1.29 is 22.3 Å². The van der Waals surface area contributed by atoms with Crippen molar-refractivity contribution in [3.05, 3.63) is 58.7 Å². The van der Waals surface area contributed by atoms with E-state index in [0.717, 1.165) is 12.8 Å². The lowest BCUT2D eigenvalue weighted by atomic mass is 9.95. The van der Waals surface area contributed by atoms with Crippen LogP contribution in [0.25, 0.3) is 11.1 Å². The molecule has 140 valence electrons. The monoisotopic (exact) mass is 366 g/mol. The highest BCUT2D eigenvalue weighted by atomic mass is 19.2. The molecule has 0 radical (unpaired) electrons. The molecular formula is C21H22F4O. The van der Waals surface area contributed by atoms with Gasteiger partial charge in [0, 0.05) is 17.7 Å². The lowest BCUT2D eigenvalue weighted by molar-refractivity contribution is -0.0148. The van der Waals surface area contributed by atoms with E-state index in [4.69, 9.17) is 4.74 Å². The predicted octanol–water partition coefficient (Wildman–Crippen LogP) is 5.97. The van der Waals surface area contributed by atoms with E-state index in [1.165, 1.54) is 31.2 Å². The second kappa shape index (κ2) is 7.78. The fourth-order valence-electron chi connectivity index (χ4n) is 3.33. The summed E-state index contributed by atoms with van der Waals surface area (Å²) in [4.78, 5) is 0. The van der Waals surface area contributed by atoms with Crippen LogP contribution >= 0.6 is 0 Å². The van der Waals surface area contributed by atoms with Crippen molar-refractivity contribution in [2.75, 3.05) is 6.61 Å². The van der Waals surface area contributed by atoms with E-state index >= 15 is 0 Å². The summed E-state index contributed by atoms with van der Waals surface area (Å²) in [6.45, 7) is 4.23. The van der Waals surface area contributed by atoms with E-state index in [1.807, 2.05) is 0 Å². The molecule has 0 amide bonds. The Balaban J connectivity index is 1.80. The van der Waals surface area contributed by atoms with Gasteiger partial charge in [-0.05, 0) is 49.7 Å². The zero-order valence-electron chi connectivity index (χ0n) is 14.9. The molecule has 0 aliphatic carbocycles. The number of hydrogen-bond donors (Lipinski definition) is 0.